The summed E-state index contributed by atoms with van der Waals surface area (Å²) in [5.74, 6) is -1.25. The van der Waals surface area contributed by atoms with E-state index in [1.54, 1.807) is 6.92 Å². The van der Waals surface area contributed by atoms with E-state index in [0.717, 1.165) is 30.4 Å². The van der Waals surface area contributed by atoms with E-state index in [9.17, 15) is 19.1 Å². The van der Waals surface area contributed by atoms with Crippen molar-refractivity contribution in [3.63, 3.8) is 0 Å². The Morgan fingerprint density at radius 1 is 1.14 bits per heavy atom. The number of alkyl halides is 1. The van der Waals surface area contributed by atoms with Gasteiger partial charge in [-0.3, -0.25) is 9.88 Å². The van der Waals surface area contributed by atoms with Crippen LogP contribution in [-0.4, -0.2) is 101 Å². The molecule has 5 atom stereocenters. The second-order valence-corrected chi connectivity index (χ2v) is 14.9. The van der Waals surface area contributed by atoms with Crippen LogP contribution in [0.15, 0.2) is 6.20 Å². The van der Waals surface area contributed by atoms with E-state index in [0.29, 0.717) is 61.5 Å². The number of aliphatic hydroxyl groups is 1. The smallest absolute Gasteiger partial charge is 0.319 e. The zero-order chi connectivity index (χ0) is 34.1. The number of nitrogens with zero attached hydrogens (tertiary/aromatic N) is 7. The third kappa shape index (κ3) is 5.45. The summed E-state index contributed by atoms with van der Waals surface area (Å²) in [6.45, 7) is 5.16. The molecule has 7 heterocycles. The van der Waals surface area contributed by atoms with Crippen molar-refractivity contribution in [1.82, 2.24) is 24.8 Å². The Morgan fingerprint density at radius 3 is 2.63 bits per heavy atom. The number of halogens is 3. The van der Waals surface area contributed by atoms with Gasteiger partial charge in [-0.15, -0.1) is 11.3 Å². The Hall–Kier alpha value is -3.81. The van der Waals surface area contributed by atoms with Crippen LogP contribution in [0, 0.1) is 28.9 Å². The van der Waals surface area contributed by atoms with Gasteiger partial charge in [0.1, 0.15) is 28.6 Å². The molecule has 2 bridgehead atoms. The molecule has 5 unspecified atom stereocenters. The number of rotatable bonds is 7. The summed E-state index contributed by atoms with van der Waals surface area (Å²) in [6.07, 6.45) is 1.69. The Bertz CT molecular complexity index is 1990. The maximum absolute atomic E-state index is 17.4. The second kappa shape index (κ2) is 12.5. The van der Waals surface area contributed by atoms with Crippen molar-refractivity contribution in [1.29, 1.82) is 5.26 Å². The van der Waals surface area contributed by atoms with Gasteiger partial charge in [0.15, 0.2) is 11.6 Å². The van der Waals surface area contributed by atoms with Gasteiger partial charge in [0.05, 0.1) is 53.5 Å². The largest absolute Gasteiger partial charge is 0.463 e. The molecule has 3 aromatic heterocycles. The molecule has 0 amide bonds. The molecule has 4 aromatic rings. The number of ether oxygens (including phenoxy) is 2. The summed E-state index contributed by atoms with van der Waals surface area (Å²) in [4.78, 5) is 20.4. The summed E-state index contributed by atoms with van der Waals surface area (Å²) in [5, 5.41) is 20.8. The van der Waals surface area contributed by atoms with Gasteiger partial charge >= 0.3 is 6.01 Å². The lowest BCUT2D eigenvalue weighted by Gasteiger charge is -2.42. The molecular weight excluding hydrogens is 657 g/mol. The van der Waals surface area contributed by atoms with Crippen LogP contribution in [-0.2, 0) is 18.0 Å². The number of hydrogen-bond acceptors (Lipinski definition) is 12. The number of likely N-dealkylation sites (tertiary alicyclic amines) is 2. The molecule has 258 valence electrons. The fourth-order valence-electron chi connectivity index (χ4n) is 8.26. The molecule has 0 saturated carbocycles. The van der Waals surface area contributed by atoms with Gasteiger partial charge < -0.3 is 30.1 Å². The second-order valence-electron chi connectivity index (χ2n) is 13.8. The number of fused-ring (bicyclic) bond motifs is 6. The van der Waals surface area contributed by atoms with Crippen LogP contribution < -0.4 is 15.4 Å². The molecule has 49 heavy (non-hydrogen) atoms. The van der Waals surface area contributed by atoms with E-state index >= 15 is 4.39 Å². The molecule has 0 aliphatic carbocycles. The first-order chi connectivity index (χ1) is 23.6. The predicted octanol–water partition coefficient (Wildman–Crippen LogP) is 4.37. The number of pyridine rings is 1. The first-order valence-corrected chi connectivity index (χ1v) is 17.5. The molecule has 3 fully saturated rings. The van der Waals surface area contributed by atoms with Crippen LogP contribution in [0.5, 0.6) is 6.01 Å². The lowest BCUT2D eigenvalue weighted by molar-refractivity contribution is 0.0664. The SMILES string of the molecule is CC(O)CN1CC2CCC(C1)N2c1nc(OCC2CN(C)CCC2F)nc2c(F)c(-c3ncc(F)c4sc(N)c(C#N)c34)c3c(c12)COC3. The molecule has 15 heteroatoms. The number of nitrogen functional groups attached to an aromatic ring is 1. The van der Waals surface area contributed by atoms with Gasteiger partial charge in [-0.05, 0) is 44.4 Å². The maximum Gasteiger partial charge on any atom is 0.319 e. The van der Waals surface area contributed by atoms with Crippen molar-refractivity contribution in [3.05, 3.63) is 34.5 Å². The number of piperazine rings is 1. The number of thiophene rings is 1. The first-order valence-electron chi connectivity index (χ1n) is 16.7. The monoisotopic (exact) mass is 694 g/mol. The summed E-state index contributed by atoms with van der Waals surface area (Å²) in [7, 11) is 1.94. The van der Waals surface area contributed by atoms with Crippen molar-refractivity contribution in [2.45, 2.75) is 63.8 Å². The number of nitrogens with two attached hydrogens (primary N) is 1. The first kappa shape index (κ1) is 32.4. The fourth-order valence-corrected chi connectivity index (χ4v) is 9.18. The van der Waals surface area contributed by atoms with E-state index in [4.69, 9.17) is 20.2 Å². The number of hydrogen-bond donors (Lipinski definition) is 2. The van der Waals surface area contributed by atoms with Gasteiger partial charge in [-0.1, -0.05) is 0 Å². The van der Waals surface area contributed by atoms with E-state index in [2.05, 4.69) is 24.7 Å². The van der Waals surface area contributed by atoms with E-state index in [1.807, 2.05) is 13.1 Å². The number of benzene rings is 1. The summed E-state index contributed by atoms with van der Waals surface area (Å²) < 4.78 is 59.5. The Morgan fingerprint density at radius 2 is 1.90 bits per heavy atom. The third-order valence-electron chi connectivity index (χ3n) is 10.4. The highest BCUT2D eigenvalue weighted by molar-refractivity contribution is 7.23. The average molecular weight is 695 g/mol. The fraction of sp³-hybridized carbons (Fsp3) is 0.529. The van der Waals surface area contributed by atoms with E-state index < -0.39 is 29.8 Å². The molecule has 11 nitrogen and oxygen atoms in total. The number of piperidine rings is 1. The van der Waals surface area contributed by atoms with E-state index in [-0.39, 0.29) is 75.3 Å². The highest BCUT2D eigenvalue weighted by Gasteiger charge is 2.43. The minimum absolute atomic E-state index is 0.0106. The molecule has 3 N–H and O–H groups in total. The number of aliphatic hydroxyl groups excluding tert-OH is 1. The molecule has 0 radical (unpaired) electrons. The standard InChI is InChI=1S/C34H37F3N8O3S/c1-16(46)9-44-11-18-3-4-19(12-44)45(18)33-27-22-15-47-14-21(22)25(29-26-20(7-38)32(39)49-31(26)24(36)8-40-29)28(37)30(27)41-34(42-33)48-13-17-10-43(2)6-5-23(17)35/h8,16-19,23,46H,3-6,9-15,39H2,1-2H3. The van der Waals surface area contributed by atoms with Crippen LogP contribution >= 0.6 is 11.3 Å². The van der Waals surface area contributed by atoms with Crippen molar-refractivity contribution in [2.75, 3.05) is 57.0 Å². The number of β-amino-alcohol motifs (C(OH)–C–C–N with tert-alkyl or cyclic N) is 1. The highest BCUT2D eigenvalue weighted by Crippen LogP contribution is 2.48. The van der Waals surface area contributed by atoms with Gasteiger partial charge in [0, 0.05) is 61.7 Å². The van der Waals surface area contributed by atoms with Gasteiger partial charge in [-0.25, -0.2) is 13.2 Å². The summed E-state index contributed by atoms with van der Waals surface area (Å²) in [5.41, 5.74) is 7.52. The topological polar surface area (TPSA) is 137 Å². The van der Waals surface area contributed by atoms with Crippen molar-refractivity contribution in [3.8, 4) is 23.3 Å². The Kier molecular flexibility index (Phi) is 8.27. The lowest BCUT2D eigenvalue weighted by Crippen LogP contribution is -2.55. The summed E-state index contributed by atoms with van der Waals surface area (Å²) in [6, 6.07) is 2.09. The van der Waals surface area contributed by atoms with Crippen LogP contribution in [0.4, 0.5) is 24.0 Å². The van der Waals surface area contributed by atoms with Crippen LogP contribution in [0.25, 0.3) is 32.2 Å². The third-order valence-corrected chi connectivity index (χ3v) is 11.4. The molecule has 4 aliphatic rings. The van der Waals surface area contributed by atoms with Crippen molar-refractivity contribution < 1.29 is 27.8 Å². The zero-order valence-corrected chi connectivity index (χ0v) is 28.1. The molecule has 8 rings (SSSR count). The minimum atomic E-state index is -1.04. The predicted molar refractivity (Wildman–Crippen MR) is 179 cm³/mol. The molecule has 3 saturated heterocycles. The zero-order valence-electron chi connectivity index (χ0n) is 27.3. The quantitative estimate of drug-likeness (QED) is 0.286. The van der Waals surface area contributed by atoms with Gasteiger partial charge in [0.25, 0.3) is 0 Å². The minimum Gasteiger partial charge on any atom is -0.463 e. The van der Waals surface area contributed by atoms with Gasteiger partial charge in [-0.2, -0.15) is 15.2 Å². The van der Waals surface area contributed by atoms with Gasteiger partial charge in [0.2, 0.25) is 0 Å². The lowest BCUT2D eigenvalue weighted by atomic mass is 9.93. The average Bonchev–Trinajstić information content (AvgIpc) is 3.76. The van der Waals surface area contributed by atoms with Crippen molar-refractivity contribution in [2.24, 2.45) is 5.92 Å². The molecule has 4 aliphatic heterocycles. The van der Waals surface area contributed by atoms with Crippen LogP contribution in [0.1, 0.15) is 42.9 Å². The number of anilines is 2. The molecule has 1 aromatic carbocycles. The normalized spacial score (nSPS) is 24.9. The Labute approximate surface area is 285 Å². The Balaban J connectivity index is 1.32. The van der Waals surface area contributed by atoms with Crippen LogP contribution in [0.3, 0.4) is 0 Å². The van der Waals surface area contributed by atoms with Crippen molar-refractivity contribution >= 4 is 43.1 Å². The van der Waals surface area contributed by atoms with E-state index in [1.165, 1.54) is 0 Å². The molecule has 0 spiro atoms. The number of aromatic nitrogens is 3. The molecular formula is C34H37F3N8O3S. The maximum atomic E-state index is 17.4. The summed E-state index contributed by atoms with van der Waals surface area (Å²) >= 11 is 0.917. The highest BCUT2D eigenvalue weighted by atomic mass is 32.1. The number of nitriles is 1. The van der Waals surface area contributed by atoms with Crippen LogP contribution in [0.2, 0.25) is 0 Å².